The first-order valence-corrected chi connectivity index (χ1v) is 6.72. The molecule has 0 heterocycles. The Kier molecular flexibility index (Phi) is 7.20. The van der Waals surface area contributed by atoms with Gasteiger partial charge in [0.05, 0.1) is 12.1 Å². The molecule has 0 N–H and O–H groups in total. The quantitative estimate of drug-likeness (QED) is 0.598. The average Bonchev–Trinajstić information content (AvgIpc) is 2.40. The van der Waals surface area contributed by atoms with Gasteiger partial charge >= 0.3 is 0 Å². The van der Waals surface area contributed by atoms with Crippen molar-refractivity contribution in [3.05, 3.63) is 0 Å². The summed E-state index contributed by atoms with van der Waals surface area (Å²) in [7, 11) is 0. The molecule has 0 bridgehead atoms. The molecule has 0 saturated carbocycles. The zero-order chi connectivity index (χ0) is 14.1. The summed E-state index contributed by atoms with van der Waals surface area (Å²) in [5.74, 6) is 0. The van der Waals surface area contributed by atoms with E-state index >= 15 is 0 Å². The third-order valence-corrected chi connectivity index (χ3v) is 3.01. The van der Waals surface area contributed by atoms with Crippen molar-refractivity contribution in [2.24, 2.45) is 10.2 Å². The lowest BCUT2D eigenvalue weighted by Crippen LogP contribution is -2.23. The van der Waals surface area contributed by atoms with Crippen molar-refractivity contribution in [1.82, 2.24) is 0 Å². The van der Waals surface area contributed by atoms with E-state index < -0.39 is 11.1 Å². The van der Waals surface area contributed by atoms with Crippen molar-refractivity contribution in [2.75, 3.05) is 0 Å². The highest BCUT2D eigenvalue weighted by atomic mass is 15.2. The summed E-state index contributed by atoms with van der Waals surface area (Å²) in [5, 5.41) is 26.6. The molecule has 0 radical (unpaired) electrons. The van der Waals surface area contributed by atoms with E-state index in [1.807, 2.05) is 0 Å². The van der Waals surface area contributed by atoms with Gasteiger partial charge in [-0.05, 0) is 26.7 Å². The van der Waals surface area contributed by atoms with Crippen LogP contribution in [0.25, 0.3) is 0 Å². The van der Waals surface area contributed by atoms with E-state index in [-0.39, 0.29) is 0 Å². The lowest BCUT2D eigenvalue weighted by molar-refractivity contribution is 0.434. The Hall–Kier alpha value is -1.42. The average molecular weight is 248 g/mol. The molecule has 0 amide bonds. The Morgan fingerprint density at radius 2 is 1.17 bits per heavy atom. The molecular formula is C14H24N4. The molecule has 4 heteroatoms. The van der Waals surface area contributed by atoms with Crippen LogP contribution in [0, 0.1) is 22.7 Å². The van der Waals surface area contributed by atoms with Crippen LogP contribution in [0.4, 0.5) is 0 Å². The molecule has 0 aliphatic heterocycles. The molecule has 2 atom stereocenters. The molecule has 0 fully saturated rings. The number of azo groups is 1. The van der Waals surface area contributed by atoms with Gasteiger partial charge in [0.1, 0.15) is 0 Å². The maximum Gasteiger partial charge on any atom is 0.164 e. The molecule has 0 saturated heterocycles. The summed E-state index contributed by atoms with van der Waals surface area (Å²) in [6.07, 6.45) is 5.33. The highest BCUT2D eigenvalue weighted by Crippen LogP contribution is 2.24. The zero-order valence-corrected chi connectivity index (χ0v) is 12.0. The first-order chi connectivity index (χ1) is 8.45. The fourth-order valence-electron chi connectivity index (χ4n) is 1.52. The zero-order valence-electron chi connectivity index (χ0n) is 12.0. The van der Waals surface area contributed by atoms with Gasteiger partial charge in [0.25, 0.3) is 0 Å². The number of nitriles is 2. The Labute approximate surface area is 111 Å². The minimum atomic E-state index is -0.791. The SMILES string of the molecule is CCCCC(C)(C#N)N=NC(C)(C#N)CCCC. The van der Waals surface area contributed by atoms with Gasteiger partial charge in [0, 0.05) is 0 Å². The summed E-state index contributed by atoms with van der Waals surface area (Å²) in [5.41, 5.74) is -1.58. The third-order valence-electron chi connectivity index (χ3n) is 3.01. The van der Waals surface area contributed by atoms with Crippen molar-refractivity contribution < 1.29 is 0 Å². The Balaban J connectivity index is 4.75. The van der Waals surface area contributed by atoms with E-state index in [2.05, 4.69) is 36.2 Å². The largest absolute Gasteiger partial charge is 0.196 e. The summed E-state index contributed by atoms with van der Waals surface area (Å²) in [6, 6.07) is 4.39. The molecule has 0 aromatic carbocycles. The highest BCUT2D eigenvalue weighted by molar-refractivity contribution is 5.07. The van der Waals surface area contributed by atoms with Crippen LogP contribution in [0.2, 0.25) is 0 Å². The smallest absolute Gasteiger partial charge is 0.164 e. The minimum Gasteiger partial charge on any atom is -0.196 e. The lowest BCUT2D eigenvalue weighted by Gasteiger charge is -2.19. The number of unbranched alkanes of at least 4 members (excludes halogenated alkanes) is 2. The molecule has 100 valence electrons. The maximum atomic E-state index is 9.17. The summed E-state index contributed by atoms with van der Waals surface area (Å²) in [4.78, 5) is 0. The van der Waals surface area contributed by atoms with Gasteiger partial charge in [-0.3, -0.25) is 0 Å². The second-order valence-electron chi connectivity index (χ2n) is 5.18. The molecule has 0 aromatic rings. The van der Waals surface area contributed by atoms with Crippen molar-refractivity contribution in [1.29, 1.82) is 10.5 Å². The molecule has 0 aliphatic rings. The van der Waals surface area contributed by atoms with Crippen molar-refractivity contribution >= 4 is 0 Å². The van der Waals surface area contributed by atoms with E-state index in [1.54, 1.807) is 13.8 Å². The fourth-order valence-corrected chi connectivity index (χ4v) is 1.52. The van der Waals surface area contributed by atoms with Gasteiger partial charge in [-0.25, -0.2) is 0 Å². The number of nitrogens with zero attached hydrogens (tertiary/aromatic N) is 4. The molecule has 2 unspecified atom stereocenters. The summed E-state index contributed by atoms with van der Waals surface area (Å²) < 4.78 is 0. The van der Waals surface area contributed by atoms with Crippen LogP contribution in [-0.2, 0) is 0 Å². The predicted octanol–water partition coefficient (Wildman–Crippen LogP) is 4.38. The van der Waals surface area contributed by atoms with Gasteiger partial charge in [-0.15, -0.1) is 0 Å². The number of hydrogen-bond acceptors (Lipinski definition) is 4. The third kappa shape index (κ3) is 5.77. The van der Waals surface area contributed by atoms with E-state index in [0.29, 0.717) is 12.8 Å². The molecule has 0 aliphatic carbocycles. The fraction of sp³-hybridized carbons (Fsp3) is 0.857. The first-order valence-electron chi connectivity index (χ1n) is 6.72. The van der Waals surface area contributed by atoms with Gasteiger partial charge < -0.3 is 0 Å². The Bertz CT molecular complexity index is 316. The van der Waals surface area contributed by atoms with Crippen LogP contribution in [0.15, 0.2) is 10.2 Å². The van der Waals surface area contributed by atoms with E-state index in [1.165, 1.54) is 0 Å². The Morgan fingerprint density at radius 1 is 0.833 bits per heavy atom. The van der Waals surface area contributed by atoms with Gasteiger partial charge in [0.2, 0.25) is 0 Å². The summed E-state index contributed by atoms with van der Waals surface area (Å²) in [6.45, 7) is 7.72. The number of hydrogen-bond donors (Lipinski definition) is 0. The standard InChI is InChI=1S/C14H24N4/c1-5-7-9-13(3,11-15)17-18-14(4,12-16)10-8-6-2/h5-10H2,1-4H3. The minimum absolute atomic E-state index is 0.693. The highest BCUT2D eigenvalue weighted by Gasteiger charge is 2.27. The van der Waals surface area contributed by atoms with Gasteiger partial charge in [-0.1, -0.05) is 39.5 Å². The molecule has 18 heavy (non-hydrogen) atoms. The molecular weight excluding hydrogens is 224 g/mol. The van der Waals surface area contributed by atoms with Crippen molar-refractivity contribution in [3.63, 3.8) is 0 Å². The predicted molar refractivity (Wildman–Crippen MR) is 71.9 cm³/mol. The molecule has 0 aromatic heterocycles. The van der Waals surface area contributed by atoms with E-state index in [4.69, 9.17) is 0 Å². The van der Waals surface area contributed by atoms with E-state index in [9.17, 15) is 10.5 Å². The lowest BCUT2D eigenvalue weighted by atomic mass is 9.97. The monoisotopic (exact) mass is 248 g/mol. The van der Waals surface area contributed by atoms with Gasteiger partial charge in [-0.2, -0.15) is 20.8 Å². The number of rotatable bonds is 8. The summed E-state index contributed by atoms with van der Waals surface area (Å²) >= 11 is 0. The van der Waals surface area contributed by atoms with Crippen LogP contribution >= 0.6 is 0 Å². The maximum absolute atomic E-state index is 9.17. The van der Waals surface area contributed by atoms with Crippen LogP contribution in [0.3, 0.4) is 0 Å². The van der Waals surface area contributed by atoms with Crippen molar-refractivity contribution in [2.45, 2.75) is 77.3 Å². The topological polar surface area (TPSA) is 72.3 Å². The van der Waals surface area contributed by atoms with E-state index in [0.717, 1.165) is 25.7 Å². The second kappa shape index (κ2) is 7.82. The van der Waals surface area contributed by atoms with Gasteiger partial charge in [0.15, 0.2) is 11.1 Å². The molecule has 0 spiro atoms. The normalized spacial score (nSPS) is 17.7. The second-order valence-corrected chi connectivity index (χ2v) is 5.18. The Morgan fingerprint density at radius 3 is 1.39 bits per heavy atom. The molecule has 4 nitrogen and oxygen atoms in total. The van der Waals surface area contributed by atoms with Crippen LogP contribution in [0.1, 0.15) is 66.2 Å². The van der Waals surface area contributed by atoms with Crippen molar-refractivity contribution in [3.8, 4) is 12.1 Å². The first kappa shape index (κ1) is 16.6. The van der Waals surface area contributed by atoms with Crippen LogP contribution in [0.5, 0.6) is 0 Å². The molecule has 0 rings (SSSR count). The van der Waals surface area contributed by atoms with Crippen LogP contribution < -0.4 is 0 Å². The van der Waals surface area contributed by atoms with Crippen LogP contribution in [-0.4, -0.2) is 11.1 Å².